The van der Waals surface area contributed by atoms with Gasteiger partial charge in [0, 0.05) is 43.0 Å². The molecular weight excluding hydrogens is 370 g/mol. The molecule has 0 atom stereocenters. The lowest BCUT2D eigenvalue weighted by atomic mass is 10.2. The average molecular weight is 392 g/mol. The van der Waals surface area contributed by atoms with Crippen molar-refractivity contribution in [2.75, 3.05) is 31.1 Å². The molecule has 28 heavy (non-hydrogen) atoms. The predicted molar refractivity (Wildman–Crippen MR) is 110 cm³/mol. The lowest BCUT2D eigenvalue weighted by molar-refractivity contribution is 0.0741. The first-order chi connectivity index (χ1) is 13.8. The largest absolute Gasteiger partial charge is 0.352 e. The number of benzene rings is 1. The number of carbonyl (C=O) groups excluding carboxylic acids is 1. The third kappa shape index (κ3) is 3.49. The van der Waals surface area contributed by atoms with Gasteiger partial charge < -0.3 is 9.80 Å². The molecule has 6 nitrogen and oxygen atoms in total. The summed E-state index contributed by atoms with van der Waals surface area (Å²) in [5.74, 6) is 1.53. The van der Waals surface area contributed by atoms with E-state index in [-0.39, 0.29) is 5.91 Å². The fourth-order valence-corrected chi connectivity index (χ4v) is 4.29. The van der Waals surface area contributed by atoms with Crippen LogP contribution in [0.15, 0.2) is 47.8 Å². The van der Waals surface area contributed by atoms with Crippen LogP contribution < -0.4 is 4.90 Å². The maximum absolute atomic E-state index is 12.8. The van der Waals surface area contributed by atoms with Crippen LogP contribution in [0.5, 0.6) is 0 Å². The van der Waals surface area contributed by atoms with Crippen LogP contribution in [-0.4, -0.2) is 52.2 Å². The number of amides is 1. The quantitative estimate of drug-likeness (QED) is 0.682. The SMILES string of the molecule is O=C(c1csc(-c2ccccc2)n1)N1CCN(c2ccc(C3CC3)nn2)CC1. The van der Waals surface area contributed by atoms with Crippen LogP contribution in [0.25, 0.3) is 10.6 Å². The topological polar surface area (TPSA) is 62.2 Å². The summed E-state index contributed by atoms with van der Waals surface area (Å²) >= 11 is 1.51. The van der Waals surface area contributed by atoms with E-state index >= 15 is 0 Å². The molecule has 3 heterocycles. The van der Waals surface area contributed by atoms with Crippen molar-refractivity contribution in [3.63, 3.8) is 0 Å². The summed E-state index contributed by atoms with van der Waals surface area (Å²) < 4.78 is 0. The molecule has 1 aliphatic heterocycles. The fraction of sp³-hybridized carbons (Fsp3) is 0.333. The summed E-state index contributed by atoms with van der Waals surface area (Å²) in [6.07, 6.45) is 2.47. The zero-order valence-corrected chi connectivity index (χ0v) is 16.3. The van der Waals surface area contributed by atoms with Gasteiger partial charge >= 0.3 is 0 Å². The Labute approximate surface area is 167 Å². The van der Waals surface area contributed by atoms with Gasteiger partial charge in [-0.3, -0.25) is 4.79 Å². The fourth-order valence-electron chi connectivity index (χ4n) is 3.49. The summed E-state index contributed by atoms with van der Waals surface area (Å²) in [5.41, 5.74) is 2.69. The summed E-state index contributed by atoms with van der Waals surface area (Å²) in [4.78, 5) is 21.5. The molecule has 2 aromatic heterocycles. The summed E-state index contributed by atoms with van der Waals surface area (Å²) in [7, 11) is 0. The van der Waals surface area contributed by atoms with Crippen LogP contribution in [0.4, 0.5) is 5.82 Å². The molecule has 5 rings (SSSR count). The van der Waals surface area contributed by atoms with Crippen molar-refractivity contribution in [3.8, 4) is 10.6 Å². The van der Waals surface area contributed by atoms with Gasteiger partial charge in [-0.2, -0.15) is 5.10 Å². The Bertz CT molecular complexity index is 960. The van der Waals surface area contributed by atoms with Gasteiger partial charge in [0.25, 0.3) is 5.91 Å². The molecule has 0 radical (unpaired) electrons. The number of hydrogen-bond acceptors (Lipinski definition) is 6. The van der Waals surface area contributed by atoms with Crippen molar-refractivity contribution in [3.05, 3.63) is 59.2 Å². The molecule has 1 saturated heterocycles. The Hall–Kier alpha value is -2.80. The molecule has 0 bridgehead atoms. The van der Waals surface area contributed by atoms with E-state index in [9.17, 15) is 4.79 Å². The molecule has 3 aromatic rings. The highest BCUT2D eigenvalue weighted by molar-refractivity contribution is 7.13. The van der Waals surface area contributed by atoms with E-state index in [1.807, 2.05) is 40.6 Å². The van der Waals surface area contributed by atoms with Gasteiger partial charge in [0.05, 0.1) is 5.69 Å². The van der Waals surface area contributed by atoms with Crippen molar-refractivity contribution in [1.29, 1.82) is 0 Å². The predicted octanol–water partition coefficient (Wildman–Crippen LogP) is 3.44. The minimum Gasteiger partial charge on any atom is -0.352 e. The number of aromatic nitrogens is 3. The molecule has 1 amide bonds. The summed E-state index contributed by atoms with van der Waals surface area (Å²) in [6, 6.07) is 14.1. The highest BCUT2D eigenvalue weighted by Crippen LogP contribution is 2.38. The molecular formula is C21H21N5OS. The van der Waals surface area contributed by atoms with E-state index in [0.717, 1.165) is 35.2 Å². The summed E-state index contributed by atoms with van der Waals surface area (Å²) in [5, 5.41) is 11.5. The minimum absolute atomic E-state index is 0.00764. The van der Waals surface area contributed by atoms with Gasteiger partial charge in [-0.1, -0.05) is 30.3 Å². The van der Waals surface area contributed by atoms with Gasteiger partial charge in [0.1, 0.15) is 10.7 Å². The van der Waals surface area contributed by atoms with Gasteiger partial charge in [0.2, 0.25) is 0 Å². The number of hydrogen-bond donors (Lipinski definition) is 0. The summed E-state index contributed by atoms with van der Waals surface area (Å²) in [6.45, 7) is 2.87. The smallest absolute Gasteiger partial charge is 0.273 e. The van der Waals surface area contributed by atoms with Gasteiger partial charge in [-0.25, -0.2) is 4.98 Å². The van der Waals surface area contributed by atoms with E-state index in [1.54, 1.807) is 0 Å². The van der Waals surface area contributed by atoms with Crippen molar-refractivity contribution < 1.29 is 4.79 Å². The standard InChI is InChI=1S/C21H21N5OS/c27-21(18-14-28-20(22-18)16-4-2-1-3-5-16)26-12-10-25(11-13-26)19-9-8-17(23-24-19)15-6-7-15/h1-5,8-9,14-15H,6-7,10-13H2. The first-order valence-corrected chi connectivity index (χ1v) is 10.5. The number of rotatable bonds is 4. The second-order valence-corrected chi connectivity index (χ2v) is 8.13. The van der Waals surface area contributed by atoms with E-state index in [2.05, 4.69) is 32.2 Å². The van der Waals surface area contributed by atoms with Gasteiger partial charge in [0.15, 0.2) is 5.82 Å². The van der Waals surface area contributed by atoms with E-state index in [1.165, 1.54) is 24.2 Å². The monoisotopic (exact) mass is 391 g/mol. The van der Waals surface area contributed by atoms with Crippen LogP contribution in [-0.2, 0) is 0 Å². The Morgan fingerprint density at radius 2 is 1.75 bits per heavy atom. The van der Waals surface area contributed by atoms with Crippen LogP contribution in [0.3, 0.4) is 0 Å². The first-order valence-electron chi connectivity index (χ1n) is 9.67. The van der Waals surface area contributed by atoms with Gasteiger partial charge in [-0.15, -0.1) is 16.4 Å². The lowest BCUT2D eigenvalue weighted by Crippen LogP contribution is -2.49. The Balaban J connectivity index is 1.21. The first kappa shape index (κ1) is 17.3. The van der Waals surface area contributed by atoms with E-state index in [4.69, 9.17) is 0 Å². The van der Waals surface area contributed by atoms with Crippen LogP contribution in [0.2, 0.25) is 0 Å². The maximum atomic E-state index is 12.8. The Morgan fingerprint density at radius 3 is 2.43 bits per heavy atom. The van der Waals surface area contributed by atoms with Crippen LogP contribution in [0.1, 0.15) is 34.9 Å². The second kappa shape index (κ2) is 7.31. The van der Waals surface area contributed by atoms with E-state index < -0.39 is 0 Å². The zero-order valence-electron chi connectivity index (χ0n) is 15.5. The van der Waals surface area contributed by atoms with Crippen LogP contribution in [0, 0.1) is 0 Å². The van der Waals surface area contributed by atoms with Gasteiger partial charge in [-0.05, 0) is 25.0 Å². The molecule has 142 valence electrons. The van der Waals surface area contributed by atoms with Crippen molar-refractivity contribution in [2.45, 2.75) is 18.8 Å². The number of nitrogens with zero attached hydrogens (tertiary/aromatic N) is 5. The third-order valence-electron chi connectivity index (χ3n) is 5.30. The highest BCUT2D eigenvalue weighted by Gasteiger charge is 2.27. The highest BCUT2D eigenvalue weighted by atomic mass is 32.1. The molecule has 0 spiro atoms. The normalized spacial score (nSPS) is 17.0. The van der Waals surface area contributed by atoms with Crippen molar-refractivity contribution in [1.82, 2.24) is 20.1 Å². The molecule has 0 unspecified atom stereocenters. The molecule has 2 aliphatic rings. The lowest BCUT2D eigenvalue weighted by Gasteiger charge is -2.34. The maximum Gasteiger partial charge on any atom is 0.273 e. The Kier molecular flexibility index (Phi) is 4.52. The molecule has 2 fully saturated rings. The number of carbonyl (C=O) groups is 1. The molecule has 7 heteroatoms. The Morgan fingerprint density at radius 1 is 0.964 bits per heavy atom. The minimum atomic E-state index is 0.00764. The van der Waals surface area contributed by atoms with Crippen LogP contribution >= 0.6 is 11.3 Å². The number of thiazole rings is 1. The molecule has 1 aromatic carbocycles. The molecule has 0 N–H and O–H groups in total. The molecule has 1 aliphatic carbocycles. The number of piperazine rings is 1. The number of anilines is 1. The van der Waals surface area contributed by atoms with Crippen molar-refractivity contribution in [2.24, 2.45) is 0 Å². The van der Waals surface area contributed by atoms with Crippen molar-refractivity contribution >= 4 is 23.1 Å². The third-order valence-corrected chi connectivity index (χ3v) is 6.19. The second-order valence-electron chi connectivity index (χ2n) is 7.27. The zero-order chi connectivity index (χ0) is 18.9. The molecule has 1 saturated carbocycles. The average Bonchev–Trinajstić information content (AvgIpc) is 3.50. The van der Waals surface area contributed by atoms with E-state index in [0.29, 0.717) is 24.7 Å².